The van der Waals surface area contributed by atoms with E-state index in [4.69, 9.17) is 24.8 Å². The lowest BCUT2D eigenvalue weighted by molar-refractivity contribution is -0.161. The van der Waals surface area contributed by atoms with E-state index in [1.165, 1.54) is 57.8 Å². The van der Waals surface area contributed by atoms with Gasteiger partial charge in [-0.2, -0.15) is 0 Å². The second kappa shape index (κ2) is 35.3. The molecule has 12 nitrogen and oxygen atoms in total. The molecule has 0 bridgehead atoms. The van der Waals surface area contributed by atoms with Gasteiger partial charge < -0.3 is 25.2 Å². The molecule has 0 aliphatic heterocycles. The zero-order chi connectivity index (χ0) is 39.4. The van der Waals surface area contributed by atoms with Crippen molar-refractivity contribution < 1.29 is 52.3 Å². The molecular weight excluding hydrogens is 701 g/mol. The second-order valence-electron chi connectivity index (χ2n) is 13.8. The molecule has 3 atom stereocenters. The highest BCUT2D eigenvalue weighted by atomic mass is 31.2. The average Bonchev–Trinajstić information content (AvgIpc) is 3.12. The third kappa shape index (κ3) is 35.1. The number of ketones is 1. The van der Waals surface area contributed by atoms with E-state index >= 15 is 0 Å². The number of nitrogens with two attached hydrogens (primary N) is 1. The lowest BCUT2D eigenvalue weighted by Crippen LogP contribution is -2.34. The maximum atomic E-state index is 12.6. The van der Waals surface area contributed by atoms with Gasteiger partial charge in [0.15, 0.2) is 11.9 Å². The molecule has 0 aromatic rings. The number of phosphoric ester groups is 1. The third-order valence-corrected chi connectivity index (χ3v) is 9.63. The quantitative estimate of drug-likeness (QED) is 0.0177. The zero-order valence-electron chi connectivity index (χ0n) is 32.9. The fraction of sp³-hybridized carbons (Fsp3) is 0.800. The minimum Gasteiger partial charge on any atom is -0.480 e. The Balaban J connectivity index is 4.46. The van der Waals surface area contributed by atoms with Crippen LogP contribution in [0.3, 0.4) is 0 Å². The summed E-state index contributed by atoms with van der Waals surface area (Å²) in [5.41, 5.74) is 5.31. The van der Waals surface area contributed by atoms with Gasteiger partial charge in [-0.25, -0.2) is 4.57 Å². The molecule has 0 aliphatic carbocycles. The molecule has 0 aromatic heterocycles. The number of ether oxygens (including phenoxy) is 2. The molecule has 13 heteroatoms. The van der Waals surface area contributed by atoms with Crippen LogP contribution in [0.1, 0.15) is 174 Å². The van der Waals surface area contributed by atoms with Crippen LogP contribution in [0, 0.1) is 0 Å². The molecule has 0 fully saturated rings. The van der Waals surface area contributed by atoms with Gasteiger partial charge in [0, 0.05) is 19.3 Å². The first-order valence-corrected chi connectivity index (χ1v) is 21.8. The van der Waals surface area contributed by atoms with Crippen molar-refractivity contribution in [1.29, 1.82) is 0 Å². The van der Waals surface area contributed by atoms with Crippen LogP contribution in [0.2, 0.25) is 0 Å². The number of rotatable bonds is 38. The number of aliphatic carboxylic acids is 1. The Kier molecular flexibility index (Phi) is 33.8. The first-order chi connectivity index (χ1) is 25.5. The van der Waals surface area contributed by atoms with Gasteiger partial charge in [-0.15, -0.1) is 0 Å². The fourth-order valence-electron chi connectivity index (χ4n) is 5.40. The van der Waals surface area contributed by atoms with Crippen molar-refractivity contribution in [2.24, 2.45) is 5.73 Å². The summed E-state index contributed by atoms with van der Waals surface area (Å²) in [5, 5.41) is 8.86. The van der Waals surface area contributed by atoms with E-state index in [0.717, 1.165) is 70.6 Å². The van der Waals surface area contributed by atoms with Crippen molar-refractivity contribution in [3.8, 4) is 0 Å². The Hall–Kier alpha value is -2.37. The summed E-state index contributed by atoms with van der Waals surface area (Å²) in [6.07, 6.45) is 30.8. The summed E-state index contributed by atoms with van der Waals surface area (Å²) in [6.45, 7) is 2.60. The van der Waals surface area contributed by atoms with Crippen molar-refractivity contribution in [2.75, 3.05) is 19.8 Å². The Labute approximate surface area is 319 Å². The van der Waals surface area contributed by atoms with Crippen molar-refractivity contribution >= 4 is 31.5 Å². The van der Waals surface area contributed by atoms with Gasteiger partial charge in [0.1, 0.15) is 12.6 Å². The number of hydrogen-bond acceptors (Lipinski definition) is 10. The number of carboxylic acids is 1. The molecule has 1 unspecified atom stereocenters. The number of allylic oxidation sites excluding steroid dienone is 4. The number of unbranched alkanes of at least 4 members (excludes halogenated alkanes) is 19. The van der Waals surface area contributed by atoms with Gasteiger partial charge in [0.05, 0.1) is 13.2 Å². The Morgan fingerprint density at radius 2 is 1.09 bits per heavy atom. The van der Waals surface area contributed by atoms with E-state index in [2.05, 4.69) is 18.4 Å². The minimum atomic E-state index is -4.73. The van der Waals surface area contributed by atoms with E-state index in [9.17, 15) is 28.6 Å². The Bertz CT molecular complexity index is 1070. The number of hydrogen-bond donors (Lipinski definition) is 3. The average molecular weight is 774 g/mol. The second-order valence-corrected chi connectivity index (χ2v) is 15.3. The zero-order valence-corrected chi connectivity index (χ0v) is 33.8. The largest absolute Gasteiger partial charge is 0.480 e. The van der Waals surface area contributed by atoms with Gasteiger partial charge in [0.2, 0.25) is 0 Å². The number of carbonyl (C=O) groups is 4. The first kappa shape index (κ1) is 50.6. The van der Waals surface area contributed by atoms with Gasteiger partial charge in [-0.05, 0) is 38.2 Å². The lowest BCUT2D eigenvalue weighted by atomic mass is 10.0. The van der Waals surface area contributed by atoms with Crippen LogP contribution in [0.15, 0.2) is 24.3 Å². The lowest BCUT2D eigenvalue weighted by Gasteiger charge is -2.20. The molecule has 0 rings (SSSR count). The number of esters is 2. The monoisotopic (exact) mass is 773 g/mol. The maximum absolute atomic E-state index is 12.6. The van der Waals surface area contributed by atoms with Gasteiger partial charge >= 0.3 is 25.7 Å². The molecule has 0 spiro atoms. The molecule has 308 valence electrons. The van der Waals surface area contributed by atoms with Crippen LogP contribution >= 0.6 is 7.82 Å². The van der Waals surface area contributed by atoms with Crippen LogP contribution in [0.5, 0.6) is 0 Å². The smallest absolute Gasteiger partial charge is 0.472 e. The minimum absolute atomic E-state index is 0.147. The molecule has 0 aromatic carbocycles. The van der Waals surface area contributed by atoms with Gasteiger partial charge in [-0.1, -0.05) is 141 Å². The third-order valence-electron chi connectivity index (χ3n) is 8.68. The SMILES string of the molecule is CCCCCCCCCCCCCCCC(=O)O[C@H](COC(=O)CCCCCCC/C=C\C=C\C(=O)CCCCC)COP(=O)(O)OC[C@H](N)C(=O)O. The van der Waals surface area contributed by atoms with E-state index in [0.29, 0.717) is 19.3 Å². The molecule has 0 amide bonds. The van der Waals surface area contributed by atoms with Gasteiger partial charge in [0.25, 0.3) is 0 Å². The molecule has 0 radical (unpaired) electrons. The van der Waals surface area contributed by atoms with E-state index in [-0.39, 0.29) is 25.2 Å². The molecule has 4 N–H and O–H groups in total. The molecule has 0 heterocycles. The Morgan fingerprint density at radius 1 is 0.623 bits per heavy atom. The van der Waals surface area contributed by atoms with Crippen molar-refractivity contribution in [3.05, 3.63) is 24.3 Å². The van der Waals surface area contributed by atoms with E-state index in [1.807, 2.05) is 12.2 Å². The summed E-state index contributed by atoms with van der Waals surface area (Å²) < 4.78 is 32.6. The highest BCUT2D eigenvalue weighted by molar-refractivity contribution is 7.47. The first-order valence-electron chi connectivity index (χ1n) is 20.3. The molecule has 0 saturated heterocycles. The normalized spacial score (nSPS) is 14.0. The highest BCUT2D eigenvalue weighted by Crippen LogP contribution is 2.43. The highest BCUT2D eigenvalue weighted by Gasteiger charge is 2.28. The van der Waals surface area contributed by atoms with E-state index in [1.54, 1.807) is 12.2 Å². The summed E-state index contributed by atoms with van der Waals surface area (Å²) >= 11 is 0. The predicted octanol–water partition coefficient (Wildman–Crippen LogP) is 9.46. The predicted molar refractivity (Wildman–Crippen MR) is 208 cm³/mol. The summed E-state index contributed by atoms with van der Waals surface area (Å²) in [4.78, 5) is 57.5. The molecule has 0 saturated carbocycles. The summed E-state index contributed by atoms with van der Waals surface area (Å²) in [7, 11) is -4.73. The van der Waals surface area contributed by atoms with Crippen LogP contribution < -0.4 is 5.73 Å². The fourth-order valence-corrected chi connectivity index (χ4v) is 6.18. The van der Waals surface area contributed by atoms with Crippen LogP contribution in [0.25, 0.3) is 0 Å². The standard InChI is InChI=1S/C40H72NO11P/c1-3-5-7-8-9-10-11-12-13-16-20-23-27-31-39(44)52-36(33-50-53(47,48)51-34-37(41)40(45)46)32-49-38(43)30-26-22-19-17-14-15-18-21-25-29-35(42)28-24-6-4-2/h18,21,25,29,36-37H,3-17,19-20,22-24,26-28,30-34,41H2,1-2H3,(H,45,46)(H,47,48)/b21-18-,29-25+/t36-,37+/m1/s1. The maximum Gasteiger partial charge on any atom is 0.472 e. The number of carboxylic acid groups (broad SMARTS) is 1. The van der Waals surface area contributed by atoms with Crippen molar-refractivity contribution in [3.63, 3.8) is 0 Å². The molecule has 53 heavy (non-hydrogen) atoms. The van der Waals surface area contributed by atoms with Crippen molar-refractivity contribution in [2.45, 2.75) is 187 Å². The molecular formula is C40H72NO11P. The topological polar surface area (TPSA) is 189 Å². The van der Waals surface area contributed by atoms with Crippen molar-refractivity contribution in [1.82, 2.24) is 0 Å². The Morgan fingerprint density at radius 3 is 1.66 bits per heavy atom. The summed E-state index contributed by atoms with van der Waals surface area (Å²) in [5.74, 6) is -2.29. The molecule has 0 aliphatic rings. The van der Waals surface area contributed by atoms with Gasteiger partial charge in [-0.3, -0.25) is 28.2 Å². The van der Waals surface area contributed by atoms with Crippen LogP contribution in [0.4, 0.5) is 0 Å². The number of carbonyl (C=O) groups excluding carboxylic acids is 3. The number of phosphoric acid groups is 1. The van der Waals surface area contributed by atoms with E-state index < -0.39 is 51.1 Å². The summed E-state index contributed by atoms with van der Waals surface area (Å²) in [6, 6.07) is -1.53. The van der Waals surface area contributed by atoms with Crippen LogP contribution in [-0.2, 0) is 42.3 Å². The van der Waals surface area contributed by atoms with Crippen LogP contribution in [-0.4, -0.2) is 65.7 Å².